The van der Waals surface area contributed by atoms with Gasteiger partial charge in [-0.3, -0.25) is 19.2 Å². The van der Waals surface area contributed by atoms with E-state index in [9.17, 15) is 19.2 Å². The Bertz CT molecular complexity index is 1770. The normalized spacial score (nSPS) is 14.4. The molecule has 1 aliphatic heterocycles. The average Bonchev–Trinajstić information content (AvgIpc) is 3.56. The summed E-state index contributed by atoms with van der Waals surface area (Å²) in [7, 11) is 5.28. The van der Waals surface area contributed by atoms with Crippen LogP contribution in [0.1, 0.15) is 98.5 Å². The highest BCUT2D eigenvalue weighted by atomic mass is 33.1. The molecule has 4 amide bonds. The maximum Gasteiger partial charge on any atom is 0.242 e. The monoisotopic (exact) mass is 793 g/mol. The maximum absolute atomic E-state index is 14.1. The van der Waals surface area contributed by atoms with Gasteiger partial charge in [-0.15, -0.1) is 5.10 Å². The Morgan fingerprint density at radius 2 is 1.58 bits per heavy atom. The molecule has 0 spiro atoms. The highest BCUT2D eigenvalue weighted by Crippen LogP contribution is 2.41. The SMILES string of the molecule is CCC(C)(CCOC(C)(CC)CCSSCCCC(=O)NC)NC(=O)CCC(=O)N1Cc2ccccc2-c2c(nnn2CC(=O)NC(C)C)-c2ccccc21. The lowest BCUT2D eigenvalue weighted by atomic mass is 9.93. The number of carbonyl (C=O) groups excluding carboxylic acids is 4. The topological polar surface area (TPSA) is 148 Å². The summed E-state index contributed by atoms with van der Waals surface area (Å²) in [5.41, 5.74) is 3.70. The third-order valence-electron chi connectivity index (χ3n) is 10.2. The van der Waals surface area contributed by atoms with Crippen molar-refractivity contribution in [1.29, 1.82) is 0 Å². The number of benzene rings is 2. The Labute approximate surface area is 334 Å². The van der Waals surface area contributed by atoms with Crippen molar-refractivity contribution in [2.75, 3.05) is 30.1 Å². The van der Waals surface area contributed by atoms with Crippen LogP contribution in [0.5, 0.6) is 0 Å². The first-order valence-electron chi connectivity index (χ1n) is 19.4. The van der Waals surface area contributed by atoms with Crippen LogP contribution in [0.15, 0.2) is 48.5 Å². The van der Waals surface area contributed by atoms with Crippen LogP contribution in [0.4, 0.5) is 5.69 Å². The highest BCUT2D eigenvalue weighted by Gasteiger charge is 2.31. The molecule has 14 heteroatoms. The van der Waals surface area contributed by atoms with E-state index in [2.05, 4.69) is 47.0 Å². The minimum atomic E-state index is -0.482. The summed E-state index contributed by atoms with van der Waals surface area (Å²) < 4.78 is 8.06. The van der Waals surface area contributed by atoms with Gasteiger partial charge in [0.2, 0.25) is 23.6 Å². The molecule has 2 heterocycles. The fourth-order valence-electron chi connectivity index (χ4n) is 6.40. The minimum Gasteiger partial charge on any atom is -0.375 e. The van der Waals surface area contributed by atoms with Crippen molar-refractivity contribution in [3.63, 3.8) is 0 Å². The first-order valence-corrected chi connectivity index (χ1v) is 21.9. The summed E-state index contributed by atoms with van der Waals surface area (Å²) in [5.74, 6) is 1.46. The van der Waals surface area contributed by atoms with Gasteiger partial charge in [-0.2, -0.15) is 0 Å². The number of para-hydroxylation sites is 1. The van der Waals surface area contributed by atoms with Gasteiger partial charge >= 0.3 is 0 Å². The van der Waals surface area contributed by atoms with Crippen LogP contribution in [0.25, 0.3) is 22.5 Å². The summed E-state index contributed by atoms with van der Waals surface area (Å²) in [6, 6.07) is 15.4. The van der Waals surface area contributed by atoms with Crippen LogP contribution >= 0.6 is 21.6 Å². The molecule has 0 aliphatic carbocycles. The number of ether oxygens (including phenoxy) is 1. The number of nitrogens with one attached hydrogen (secondary N) is 3. The Morgan fingerprint density at radius 1 is 0.873 bits per heavy atom. The number of anilines is 1. The van der Waals surface area contributed by atoms with E-state index in [-0.39, 0.29) is 61.2 Å². The summed E-state index contributed by atoms with van der Waals surface area (Å²) in [5, 5.41) is 17.7. The molecule has 12 nitrogen and oxygen atoms in total. The fourth-order valence-corrected chi connectivity index (χ4v) is 8.72. The van der Waals surface area contributed by atoms with E-state index in [1.54, 1.807) is 27.4 Å². The zero-order valence-electron chi connectivity index (χ0n) is 33.5. The Balaban J connectivity index is 1.37. The van der Waals surface area contributed by atoms with Crippen LogP contribution in [0.3, 0.4) is 0 Å². The van der Waals surface area contributed by atoms with Crippen molar-refractivity contribution in [3.8, 4) is 22.5 Å². The largest absolute Gasteiger partial charge is 0.375 e. The molecule has 1 aromatic heterocycles. The number of aromatic nitrogens is 3. The van der Waals surface area contributed by atoms with E-state index in [1.165, 1.54) is 0 Å². The molecule has 3 N–H and O–H groups in total. The van der Waals surface area contributed by atoms with E-state index in [0.717, 1.165) is 59.6 Å². The van der Waals surface area contributed by atoms with E-state index in [0.29, 0.717) is 30.8 Å². The van der Waals surface area contributed by atoms with Gasteiger partial charge in [0.15, 0.2) is 0 Å². The van der Waals surface area contributed by atoms with Crippen molar-refractivity contribution in [2.24, 2.45) is 0 Å². The molecule has 2 atom stereocenters. The van der Waals surface area contributed by atoms with E-state index < -0.39 is 5.54 Å². The van der Waals surface area contributed by atoms with Gasteiger partial charge in [0.1, 0.15) is 12.2 Å². The molecule has 4 rings (SSSR count). The number of hydrogen-bond donors (Lipinski definition) is 3. The van der Waals surface area contributed by atoms with Crippen molar-refractivity contribution < 1.29 is 23.9 Å². The molecule has 0 saturated heterocycles. The molecule has 2 unspecified atom stereocenters. The number of carbonyl (C=O) groups is 4. The first-order chi connectivity index (χ1) is 26.3. The average molecular weight is 794 g/mol. The van der Waals surface area contributed by atoms with Crippen molar-refractivity contribution in [2.45, 2.75) is 123 Å². The summed E-state index contributed by atoms with van der Waals surface area (Å²) in [4.78, 5) is 53.4. The van der Waals surface area contributed by atoms with Gasteiger partial charge in [-0.1, -0.05) is 83.1 Å². The van der Waals surface area contributed by atoms with Gasteiger partial charge in [0.25, 0.3) is 0 Å². The zero-order chi connectivity index (χ0) is 40.0. The van der Waals surface area contributed by atoms with Crippen LogP contribution in [-0.2, 0) is 37.0 Å². The van der Waals surface area contributed by atoms with Crippen LogP contribution < -0.4 is 20.9 Å². The van der Waals surface area contributed by atoms with E-state index in [4.69, 9.17) is 4.74 Å². The zero-order valence-corrected chi connectivity index (χ0v) is 35.2. The molecular weight excluding hydrogens is 735 g/mol. The minimum absolute atomic E-state index is 0.0107. The van der Waals surface area contributed by atoms with Crippen LogP contribution in [-0.4, -0.2) is 81.0 Å². The van der Waals surface area contributed by atoms with Gasteiger partial charge in [0, 0.05) is 67.1 Å². The predicted octanol–water partition coefficient (Wildman–Crippen LogP) is 6.92. The first kappa shape index (κ1) is 43.8. The lowest BCUT2D eigenvalue weighted by Crippen LogP contribution is -2.47. The van der Waals surface area contributed by atoms with Gasteiger partial charge in [-0.05, 0) is 71.4 Å². The second kappa shape index (κ2) is 20.9. The van der Waals surface area contributed by atoms with E-state index in [1.807, 2.05) is 80.1 Å². The number of rotatable bonds is 21. The third-order valence-corrected chi connectivity index (χ3v) is 12.7. The molecule has 0 radical (unpaired) electrons. The van der Waals surface area contributed by atoms with Gasteiger partial charge in [-0.25, -0.2) is 4.68 Å². The molecule has 0 fully saturated rings. The Hall–Kier alpha value is -3.88. The molecule has 2 aromatic carbocycles. The number of fused-ring (bicyclic) bond motifs is 5. The van der Waals surface area contributed by atoms with E-state index >= 15 is 0 Å². The summed E-state index contributed by atoms with van der Waals surface area (Å²) in [6.07, 6.45) is 4.66. The molecule has 3 aromatic rings. The molecule has 0 bridgehead atoms. The third kappa shape index (κ3) is 12.6. The van der Waals surface area contributed by atoms with Crippen LogP contribution in [0, 0.1) is 0 Å². The summed E-state index contributed by atoms with van der Waals surface area (Å²) >= 11 is 0. The summed E-state index contributed by atoms with van der Waals surface area (Å²) in [6.45, 7) is 13.0. The molecule has 1 aliphatic rings. The van der Waals surface area contributed by atoms with Crippen molar-refractivity contribution in [3.05, 3.63) is 54.1 Å². The highest BCUT2D eigenvalue weighted by molar-refractivity contribution is 8.76. The van der Waals surface area contributed by atoms with Crippen LogP contribution in [0.2, 0.25) is 0 Å². The molecule has 55 heavy (non-hydrogen) atoms. The van der Waals surface area contributed by atoms with Gasteiger partial charge < -0.3 is 25.6 Å². The number of nitrogens with zero attached hydrogens (tertiary/aromatic N) is 4. The fraction of sp³-hybridized carbons (Fsp3) is 0.561. The second-order valence-corrected chi connectivity index (χ2v) is 17.6. The Kier molecular flexibility index (Phi) is 16.6. The molecule has 300 valence electrons. The smallest absolute Gasteiger partial charge is 0.242 e. The molecule has 0 saturated carbocycles. The Morgan fingerprint density at radius 3 is 2.29 bits per heavy atom. The number of amides is 4. The maximum atomic E-state index is 14.1. The quantitative estimate of drug-likeness (QED) is 0.0773. The molecular formula is C41H59N7O5S2. The standard InChI is InChI=1S/C41H59N7O5S2/c1-8-40(5,22-24-53-41(6,9-2)23-26-55-54-25-14-19-34(49)42-7)44-35(50)20-21-37(52)47-27-30-15-10-11-16-31(30)39-38(32-17-12-13-18-33(32)47)45-46-48(39)28-36(51)43-29(3)4/h10-13,15-18,29H,8-9,14,19-28H2,1-7H3,(H,42,49)(H,43,51)(H,44,50). The predicted molar refractivity (Wildman–Crippen MR) is 224 cm³/mol. The van der Waals surface area contributed by atoms with Crippen molar-refractivity contribution >= 4 is 50.9 Å². The lowest BCUT2D eigenvalue weighted by molar-refractivity contribution is -0.127. The second-order valence-electron chi connectivity index (χ2n) is 14.9. The number of hydrogen-bond acceptors (Lipinski definition) is 9. The lowest BCUT2D eigenvalue weighted by Gasteiger charge is -2.34. The van der Waals surface area contributed by atoms with Gasteiger partial charge in [0.05, 0.1) is 23.5 Å². The van der Waals surface area contributed by atoms with Crippen molar-refractivity contribution in [1.82, 2.24) is 30.9 Å².